The second-order valence-corrected chi connectivity index (χ2v) is 8.80. The predicted molar refractivity (Wildman–Crippen MR) is 105 cm³/mol. The lowest BCUT2D eigenvalue weighted by Crippen LogP contribution is -2.48. The number of methoxy groups -OCH3 is 1. The lowest BCUT2D eigenvalue weighted by Gasteiger charge is -2.35. The number of halogens is 1. The fourth-order valence-corrected chi connectivity index (χ4v) is 4.69. The summed E-state index contributed by atoms with van der Waals surface area (Å²) in [4.78, 5) is 2.43. The highest BCUT2D eigenvalue weighted by atomic mass is 35.5. The lowest BCUT2D eigenvalue weighted by atomic mass is 10.1. The number of rotatable bonds is 4. The molecule has 0 aliphatic carbocycles. The Kier molecular flexibility index (Phi) is 5.46. The zero-order valence-corrected chi connectivity index (χ0v) is 16.8. The summed E-state index contributed by atoms with van der Waals surface area (Å²) < 4.78 is 32.5. The third kappa shape index (κ3) is 3.68. The Hall–Kier alpha value is -1.76. The molecule has 0 unspecified atom stereocenters. The Balaban J connectivity index is 1.75. The Morgan fingerprint density at radius 1 is 0.962 bits per heavy atom. The molecule has 0 amide bonds. The first-order valence-corrected chi connectivity index (χ1v) is 10.3. The first-order valence-electron chi connectivity index (χ1n) is 8.49. The summed E-state index contributed by atoms with van der Waals surface area (Å²) in [7, 11) is -2.09. The topological polar surface area (TPSA) is 49.9 Å². The summed E-state index contributed by atoms with van der Waals surface area (Å²) in [6.45, 7) is 6.39. The molecule has 3 rings (SSSR count). The van der Waals surface area contributed by atoms with Crippen molar-refractivity contribution in [3.8, 4) is 5.75 Å². The van der Waals surface area contributed by atoms with Crippen molar-refractivity contribution in [3.63, 3.8) is 0 Å². The van der Waals surface area contributed by atoms with Crippen LogP contribution in [0.4, 0.5) is 5.69 Å². The number of anilines is 1. The fourth-order valence-electron chi connectivity index (χ4n) is 3.06. The van der Waals surface area contributed by atoms with E-state index >= 15 is 0 Å². The number of nitrogens with zero attached hydrogens (tertiary/aromatic N) is 2. The highest BCUT2D eigenvalue weighted by molar-refractivity contribution is 7.89. The van der Waals surface area contributed by atoms with Crippen molar-refractivity contribution < 1.29 is 13.2 Å². The largest absolute Gasteiger partial charge is 0.495 e. The van der Waals surface area contributed by atoms with Crippen molar-refractivity contribution in [2.75, 3.05) is 38.2 Å². The number of piperazine rings is 1. The molecule has 0 N–H and O–H groups in total. The van der Waals surface area contributed by atoms with E-state index in [0.717, 1.165) is 5.69 Å². The van der Waals surface area contributed by atoms with Gasteiger partial charge in [0.1, 0.15) is 5.75 Å². The van der Waals surface area contributed by atoms with Crippen molar-refractivity contribution in [3.05, 3.63) is 52.5 Å². The van der Waals surface area contributed by atoms with Crippen molar-refractivity contribution in [2.45, 2.75) is 18.7 Å². The van der Waals surface area contributed by atoms with Gasteiger partial charge in [0.05, 0.1) is 17.0 Å². The number of sulfonamides is 1. The molecule has 140 valence electrons. The van der Waals surface area contributed by atoms with Gasteiger partial charge in [0.2, 0.25) is 10.0 Å². The molecule has 26 heavy (non-hydrogen) atoms. The molecule has 0 spiro atoms. The molecular formula is C19H23ClN2O3S. The molecule has 1 heterocycles. The third-order valence-electron chi connectivity index (χ3n) is 4.85. The molecule has 7 heteroatoms. The summed E-state index contributed by atoms with van der Waals surface area (Å²) in [6.07, 6.45) is 0. The maximum absolute atomic E-state index is 12.9. The van der Waals surface area contributed by atoms with Crippen LogP contribution in [-0.2, 0) is 10.0 Å². The second kappa shape index (κ2) is 7.47. The van der Waals surface area contributed by atoms with E-state index in [0.29, 0.717) is 37.0 Å². The Morgan fingerprint density at radius 3 is 2.27 bits per heavy atom. The van der Waals surface area contributed by atoms with Gasteiger partial charge in [0.15, 0.2) is 0 Å². The van der Waals surface area contributed by atoms with E-state index in [4.69, 9.17) is 16.3 Å². The number of hydrogen-bond donors (Lipinski definition) is 0. The van der Waals surface area contributed by atoms with Crippen LogP contribution in [0.5, 0.6) is 5.75 Å². The first kappa shape index (κ1) is 19.0. The first-order chi connectivity index (χ1) is 12.3. The SMILES string of the molecule is COc1cc(S(=O)(=O)N2CCN(c3ccc(C)c(C)c3)CC2)ccc1Cl. The van der Waals surface area contributed by atoms with Crippen LogP contribution in [0.2, 0.25) is 5.02 Å². The number of aryl methyl sites for hydroxylation is 2. The molecule has 1 aliphatic heterocycles. The van der Waals surface area contributed by atoms with Crippen molar-refractivity contribution in [1.29, 1.82) is 0 Å². The molecule has 5 nitrogen and oxygen atoms in total. The van der Waals surface area contributed by atoms with Gasteiger partial charge in [0.25, 0.3) is 0 Å². The Labute approximate surface area is 160 Å². The molecular weight excluding hydrogens is 372 g/mol. The Morgan fingerprint density at radius 2 is 1.65 bits per heavy atom. The molecule has 0 bridgehead atoms. The lowest BCUT2D eigenvalue weighted by molar-refractivity contribution is 0.383. The molecule has 1 saturated heterocycles. The summed E-state index contributed by atoms with van der Waals surface area (Å²) in [5, 5.41) is 0.394. The number of hydrogen-bond acceptors (Lipinski definition) is 4. The summed E-state index contributed by atoms with van der Waals surface area (Å²) >= 11 is 6.00. The predicted octanol–water partition coefficient (Wildman–Crippen LogP) is 3.48. The molecule has 0 radical (unpaired) electrons. The van der Waals surface area contributed by atoms with Gasteiger partial charge in [-0.1, -0.05) is 17.7 Å². The van der Waals surface area contributed by atoms with Crippen molar-refractivity contribution in [1.82, 2.24) is 4.31 Å². The van der Waals surface area contributed by atoms with Gasteiger partial charge >= 0.3 is 0 Å². The number of benzene rings is 2. The zero-order valence-electron chi connectivity index (χ0n) is 15.2. The molecule has 1 fully saturated rings. The van der Waals surface area contributed by atoms with Crippen LogP contribution in [0.1, 0.15) is 11.1 Å². The molecule has 0 aromatic heterocycles. The minimum Gasteiger partial charge on any atom is -0.495 e. The summed E-state index contributed by atoms with van der Waals surface area (Å²) in [5.41, 5.74) is 3.63. The van der Waals surface area contributed by atoms with Gasteiger partial charge in [-0.3, -0.25) is 0 Å². The normalized spacial score (nSPS) is 15.9. The maximum atomic E-state index is 12.9. The number of ether oxygens (including phenoxy) is 1. The van der Waals surface area contributed by atoms with E-state index in [-0.39, 0.29) is 4.90 Å². The monoisotopic (exact) mass is 394 g/mol. The average molecular weight is 395 g/mol. The molecule has 0 saturated carbocycles. The second-order valence-electron chi connectivity index (χ2n) is 6.46. The van der Waals surface area contributed by atoms with Crippen molar-refractivity contribution >= 4 is 27.3 Å². The van der Waals surface area contributed by atoms with E-state index in [1.807, 2.05) is 0 Å². The molecule has 0 atom stereocenters. The van der Waals surface area contributed by atoms with E-state index in [2.05, 4.69) is 36.9 Å². The van der Waals surface area contributed by atoms with Crippen LogP contribution in [0.15, 0.2) is 41.3 Å². The third-order valence-corrected chi connectivity index (χ3v) is 7.06. The quantitative estimate of drug-likeness (QED) is 0.796. The zero-order chi connectivity index (χ0) is 18.9. The summed E-state index contributed by atoms with van der Waals surface area (Å²) in [6, 6.07) is 10.9. The van der Waals surface area contributed by atoms with Crippen LogP contribution < -0.4 is 9.64 Å². The molecule has 2 aromatic rings. The average Bonchev–Trinajstić information content (AvgIpc) is 2.64. The molecule has 1 aliphatic rings. The van der Waals surface area contributed by atoms with E-state index in [1.54, 1.807) is 6.07 Å². The van der Waals surface area contributed by atoms with Gasteiger partial charge in [0, 0.05) is 37.9 Å². The minimum absolute atomic E-state index is 0.207. The van der Waals surface area contributed by atoms with Gasteiger partial charge < -0.3 is 9.64 Å². The highest BCUT2D eigenvalue weighted by Gasteiger charge is 2.29. The Bertz CT molecular complexity index is 907. The van der Waals surface area contributed by atoms with Gasteiger partial charge in [-0.05, 0) is 49.2 Å². The van der Waals surface area contributed by atoms with E-state index < -0.39 is 10.0 Å². The highest BCUT2D eigenvalue weighted by Crippen LogP contribution is 2.29. The fraction of sp³-hybridized carbons (Fsp3) is 0.368. The van der Waals surface area contributed by atoms with Crippen LogP contribution in [0.3, 0.4) is 0 Å². The minimum atomic E-state index is -3.56. The van der Waals surface area contributed by atoms with Gasteiger partial charge in [-0.2, -0.15) is 4.31 Å². The van der Waals surface area contributed by atoms with E-state index in [9.17, 15) is 8.42 Å². The van der Waals surface area contributed by atoms with Gasteiger partial charge in [-0.25, -0.2) is 8.42 Å². The van der Waals surface area contributed by atoms with Crippen LogP contribution >= 0.6 is 11.6 Å². The van der Waals surface area contributed by atoms with Crippen LogP contribution in [0.25, 0.3) is 0 Å². The van der Waals surface area contributed by atoms with Crippen molar-refractivity contribution in [2.24, 2.45) is 0 Å². The smallest absolute Gasteiger partial charge is 0.243 e. The van der Waals surface area contributed by atoms with Gasteiger partial charge in [-0.15, -0.1) is 0 Å². The standard InChI is InChI=1S/C19H23ClN2O3S/c1-14-4-5-16(12-15(14)2)21-8-10-22(11-9-21)26(23,24)17-6-7-18(20)19(13-17)25-3/h4-7,12-13H,8-11H2,1-3H3. The van der Waals surface area contributed by atoms with Crippen LogP contribution in [0, 0.1) is 13.8 Å². The van der Waals surface area contributed by atoms with E-state index in [1.165, 1.54) is 34.7 Å². The maximum Gasteiger partial charge on any atom is 0.243 e. The van der Waals surface area contributed by atoms with Crippen LogP contribution in [-0.4, -0.2) is 46.0 Å². The summed E-state index contributed by atoms with van der Waals surface area (Å²) in [5.74, 6) is 0.363. The molecule has 2 aromatic carbocycles.